The zero-order valence-corrected chi connectivity index (χ0v) is 16.4. The number of nitrogens with zero attached hydrogens (tertiary/aromatic N) is 2. The van der Waals surface area contributed by atoms with Crippen molar-refractivity contribution in [2.45, 2.75) is 6.92 Å². The molecular formula is C21H20N2O6. The van der Waals surface area contributed by atoms with E-state index in [0.717, 1.165) is 0 Å². The predicted octanol–water partition coefficient (Wildman–Crippen LogP) is 3.14. The van der Waals surface area contributed by atoms with Gasteiger partial charge in [0.1, 0.15) is 22.8 Å². The fourth-order valence-corrected chi connectivity index (χ4v) is 3.03. The normalized spacial score (nSPS) is 10.5. The molecule has 0 fully saturated rings. The number of para-hydroxylation sites is 1. The molecule has 29 heavy (non-hydrogen) atoms. The number of esters is 2. The lowest BCUT2D eigenvalue weighted by molar-refractivity contribution is 0.0549. The van der Waals surface area contributed by atoms with E-state index in [-0.39, 0.29) is 28.3 Å². The van der Waals surface area contributed by atoms with E-state index in [1.165, 1.54) is 32.1 Å². The molecule has 8 heteroatoms. The van der Waals surface area contributed by atoms with Gasteiger partial charge in [-0.25, -0.2) is 14.3 Å². The SMILES string of the molecule is COC(=O)c1c(-c2cc(OC)c(C)cc2O)nn(-c2ccccc2)c1C(=O)OC. The average Bonchev–Trinajstić information content (AvgIpc) is 3.13. The molecule has 3 aromatic rings. The van der Waals surface area contributed by atoms with Gasteiger partial charge < -0.3 is 19.3 Å². The Morgan fingerprint density at radius 3 is 2.24 bits per heavy atom. The maximum atomic E-state index is 12.6. The van der Waals surface area contributed by atoms with Gasteiger partial charge >= 0.3 is 11.9 Å². The van der Waals surface area contributed by atoms with Crippen LogP contribution in [0.15, 0.2) is 42.5 Å². The number of phenolic OH excluding ortho intramolecular Hbond substituents is 1. The summed E-state index contributed by atoms with van der Waals surface area (Å²) in [7, 11) is 3.90. The van der Waals surface area contributed by atoms with Crippen molar-refractivity contribution < 1.29 is 28.9 Å². The van der Waals surface area contributed by atoms with Crippen LogP contribution in [-0.2, 0) is 9.47 Å². The van der Waals surface area contributed by atoms with E-state index in [2.05, 4.69) is 5.10 Å². The van der Waals surface area contributed by atoms with E-state index in [9.17, 15) is 14.7 Å². The summed E-state index contributed by atoms with van der Waals surface area (Å²) in [6, 6.07) is 11.8. The molecule has 1 heterocycles. The minimum Gasteiger partial charge on any atom is -0.507 e. The first-order valence-corrected chi connectivity index (χ1v) is 8.66. The standard InChI is InChI=1S/C21H20N2O6/c1-12-10-15(24)14(11-16(12)27-2)18-17(20(25)28-3)19(21(26)29-4)23(22-18)13-8-6-5-7-9-13/h5-11,24H,1-4H3. The molecule has 3 rings (SSSR count). The summed E-state index contributed by atoms with van der Waals surface area (Å²) in [4.78, 5) is 25.2. The molecule has 1 aromatic heterocycles. The van der Waals surface area contributed by atoms with Crippen LogP contribution in [0.25, 0.3) is 16.9 Å². The predicted molar refractivity (Wildman–Crippen MR) is 105 cm³/mol. The molecule has 0 aliphatic carbocycles. The Morgan fingerprint density at radius 1 is 1.00 bits per heavy atom. The second kappa shape index (κ2) is 8.05. The van der Waals surface area contributed by atoms with E-state index in [1.807, 2.05) is 6.07 Å². The number of phenols is 1. The summed E-state index contributed by atoms with van der Waals surface area (Å²) in [6.07, 6.45) is 0. The van der Waals surface area contributed by atoms with Gasteiger partial charge in [-0.1, -0.05) is 18.2 Å². The Kier molecular flexibility index (Phi) is 5.54. The Morgan fingerprint density at radius 2 is 1.66 bits per heavy atom. The van der Waals surface area contributed by atoms with Crippen LogP contribution in [0.3, 0.4) is 0 Å². The number of hydrogen-bond donors (Lipinski definition) is 1. The van der Waals surface area contributed by atoms with Gasteiger partial charge in [-0.05, 0) is 36.8 Å². The Balaban J connectivity index is 2.40. The molecule has 0 saturated heterocycles. The molecule has 0 atom stereocenters. The molecule has 0 bridgehead atoms. The fourth-order valence-electron chi connectivity index (χ4n) is 3.03. The molecule has 0 saturated carbocycles. The van der Waals surface area contributed by atoms with E-state index in [1.54, 1.807) is 37.3 Å². The molecule has 0 unspecified atom stereocenters. The van der Waals surface area contributed by atoms with Gasteiger partial charge in [-0.15, -0.1) is 0 Å². The third kappa shape index (κ3) is 3.52. The lowest BCUT2D eigenvalue weighted by atomic mass is 10.0. The first-order valence-electron chi connectivity index (χ1n) is 8.66. The van der Waals surface area contributed by atoms with Crippen molar-refractivity contribution >= 4 is 11.9 Å². The highest BCUT2D eigenvalue weighted by Crippen LogP contribution is 2.38. The van der Waals surface area contributed by atoms with Crippen LogP contribution in [0, 0.1) is 6.92 Å². The topological polar surface area (TPSA) is 99.9 Å². The molecule has 1 N–H and O–H groups in total. The van der Waals surface area contributed by atoms with Crippen LogP contribution in [0.1, 0.15) is 26.4 Å². The summed E-state index contributed by atoms with van der Waals surface area (Å²) < 4.78 is 16.4. The number of benzene rings is 2. The third-order valence-corrected chi connectivity index (χ3v) is 4.42. The average molecular weight is 396 g/mol. The minimum absolute atomic E-state index is 0.0666. The highest BCUT2D eigenvalue weighted by atomic mass is 16.5. The largest absolute Gasteiger partial charge is 0.507 e. The van der Waals surface area contributed by atoms with Crippen LogP contribution in [-0.4, -0.2) is 48.2 Å². The van der Waals surface area contributed by atoms with E-state index >= 15 is 0 Å². The fraction of sp³-hybridized carbons (Fsp3) is 0.190. The highest BCUT2D eigenvalue weighted by molar-refractivity contribution is 6.07. The van der Waals surface area contributed by atoms with Gasteiger partial charge in [0.15, 0.2) is 5.69 Å². The zero-order chi connectivity index (χ0) is 21.1. The summed E-state index contributed by atoms with van der Waals surface area (Å²) in [5.41, 5.74) is 1.28. The van der Waals surface area contributed by atoms with Crippen molar-refractivity contribution in [2.24, 2.45) is 0 Å². The molecular weight excluding hydrogens is 376 g/mol. The molecule has 150 valence electrons. The van der Waals surface area contributed by atoms with Crippen molar-refractivity contribution in [1.82, 2.24) is 9.78 Å². The summed E-state index contributed by atoms with van der Waals surface area (Å²) >= 11 is 0. The zero-order valence-electron chi connectivity index (χ0n) is 16.4. The van der Waals surface area contributed by atoms with Crippen LogP contribution < -0.4 is 4.74 Å². The minimum atomic E-state index is -0.790. The van der Waals surface area contributed by atoms with E-state index in [0.29, 0.717) is 17.0 Å². The second-order valence-electron chi connectivity index (χ2n) is 6.14. The number of aryl methyl sites for hydroxylation is 1. The van der Waals surface area contributed by atoms with Gasteiger partial charge in [0.2, 0.25) is 0 Å². The van der Waals surface area contributed by atoms with Crippen molar-refractivity contribution in [3.63, 3.8) is 0 Å². The molecule has 8 nitrogen and oxygen atoms in total. The lowest BCUT2D eigenvalue weighted by Gasteiger charge is -2.10. The van der Waals surface area contributed by atoms with Gasteiger partial charge in [0.25, 0.3) is 0 Å². The monoisotopic (exact) mass is 396 g/mol. The quantitative estimate of drug-likeness (QED) is 0.661. The molecule has 0 spiro atoms. The van der Waals surface area contributed by atoms with E-state index < -0.39 is 11.9 Å². The summed E-state index contributed by atoms with van der Waals surface area (Å²) in [5, 5.41) is 15.0. The number of carbonyl (C=O) groups excluding carboxylic acids is 2. The third-order valence-electron chi connectivity index (χ3n) is 4.42. The number of ether oxygens (including phenoxy) is 3. The maximum Gasteiger partial charge on any atom is 0.357 e. The number of hydrogen-bond acceptors (Lipinski definition) is 7. The molecule has 0 aliphatic heterocycles. The molecule has 0 radical (unpaired) electrons. The highest BCUT2D eigenvalue weighted by Gasteiger charge is 2.32. The van der Waals surface area contributed by atoms with Crippen molar-refractivity contribution in [1.29, 1.82) is 0 Å². The van der Waals surface area contributed by atoms with Crippen LogP contribution in [0.5, 0.6) is 11.5 Å². The van der Waals surface area contributed by atoms with E-state index in [4.69, 9.17) is 14.2 Å². The number of carbonyl (C=O) groups is 2. The lowest BCUT2D eigenvalue weighted by Crippen LogP contribution is -2.15. The smallest absolute Gasteiger partial charge is 0.357 e. The first kappa shape index (κ1) is 19.9. The second-order valence-corrected chi connectivity index (χ2v) is 6.14. The van der Waals surface area contributed by atoms with Crippen LogP contribution in [0.2, 0.25) is 0 Å². The Labute approximate surface area is 167 Å². The summed E-state index contributed by atoms with van der Waals surface area (Å²) in [5.74, 6) is -1.20. The van der Waals surface area contributed by atoms with Gasteiger partial charge in [0, 0.05) is 5.56 Å². The summed E-state index contributed by atoms with van der Waals surface area (Å²) in [6.45, 7) is 1.77. The van der Waals surface area contributed by atoms with Gasteiger partial charge in [-0.3, -0.25) is 0 Å². The van der Waals surface area contributed by atoms with Gasteiger partial charge in [0.05, 0.1) is 27.0 Å². The van der Waals surface area contributed by atoms with Crippen molar-refractivity contribution in [3.05, 3.63) is 59.3 Å². The molecule has 0 aliphatic rings. The Hall–Kier alpha value is -3.81. The maximum absolute atomic E-state index is 12.6. The number of rotatable bonds is 5. The molecule has 2 aromatic carbocycles. The number of aromatic nitrogens is 2. The van der Waals surface area contributed by atoms with Crippen LogP contribution in [0.4, 0.5) is 0 Å². The first-order chi connectivity index (χ1) is 13.9. The van der Waals surface area contributed by atoms with Gasteiger partial charge in [-0.2, -0.15) is 5.10 Å². The van der Waals surface area contributed by atoms with Crippen molar-refractivity contribution in [3.8, 4) is 28.4 Å². The number of methoxy groups -OCH3 is 3. The van der Waals surface area contributed by atoms with Crippen LogP contribution >= 0.6 is 0 Å². The van der Waals surface area contributed by atoms with Crippen molar-refractivity contribution in [2.75, 3.05) is 21.3 Å². The molecule has 0 amide bonds. The Bertz CT molecular complexity index is 1070. The number of aromatic hydroxyl groups is 1.